The van der Waals surface area contributed by atoms with Gasteiger partial charge >= 0.3 is 6.18 Å². The van der Waals surface area contributed by atoms with Crippen LogP contribution in [0, 0.1) is 0 Å². The van der Waals surface area contributed by atoms with Gasteiger partial charge in [-0.05, 0) is 42.7 Å². The molecule has 1 amide bonds. The van der Waals surface area contributed by atoms with E-state index in [2.05, 4.69) is 0 Å². The van der Waals surface area contributed by atoms with E-state index in [-0.39, 0.29) is 12.2 Å². The number of amides is 1. The average Bonchev–Trinajstić information content (AvgIpc) is 3.18. The molecule has 0 N–H and O–H groups in total. The highest BCUT2D eigenvalue weighted by Gasteiger charge is 2.48. The van der Waals surface area contributed by atoms with Crippen LogP contribution in [-0.4, -0.2) is 40.2 Å². The zero-order valence-corrected chi connectivity index (χ0v) is 25.7. The number of pyridine rings is 1. The second kappa shape index (κ2) is 11.9. The van der Waals surface area contributed by atoms with Gasteiger partial charge in [-0.1, -0.05) is 72.3 Å². The largest absolute Gasteiger partial charge is 0.482 e. The van der Waals surface area contributed by atoms with Gasteiger partial charge in [0.2, 0.25) is 5.43 Å². The number of hydrogen-bond acceptors (Lipinski definition) is 6. The van der Waals surface area contributed by atoms with Crippen molar-refractivity contribution >= 4 is 35.1 Å². The molecule has 45 heavy (non-hydrogen) atoms. The molecule has 3 heterocycles. The van der Waals surface area contributed by atoms with Crippen molar-refractivity contribution in [2.75, 3.05) is 11.7 Å². The molecule has 0 spiro atoms. The van der Waals surface area contributed by atoms with Gasteiger partial charge in [-0.25, -0.2) is 0 Å². The number of carbonyl (C=O) groups excluding carboxylic acids is 2. The van der Waals surface area contributed by atoms with E-state index in [9.17, 15) is 27.6 Å². The summed E-state index contributed by atoms with van der Waals surface area (Å²) < 4.78 is 50.2. The minimum absolute atomic E-state index is 0.163. The first-order valence-corrected chi connectivity index (χ1v) is 15.4. The van der Waals surface area contributed by atoms with Crippen molar-refractivity contribution in [3.63, 3.8) is 0 Å². The molecule has 0 aliphatic carbocycles. The van der Waals surface area contributed by atoms with Crippen LogP contribution in [0.1, 0.15) is 63.0 Å². The van der Waals surface area contributed by atoms with Gasteiger partial charge in [0.15, 0.2) is 17.2 Å². The van der Waals surface area contributed by atoms with Crippen molar-refractivity contribution in [2.24, 2.45) is 0 Å². The summed E-state index contributed by atoms with van der Waals surface area (Å²) in [6.45, 7) is 1.42. The fourth-order valence-corrected chi connectivity index (χ4v) is 7.05. The van der Waals surface area contributed by atoms with E-state index in [4.69, 9.17) is 16.3 Å². The summed E-state index contributed by atoms with van der Waals surface area (Å²) in [5, 5.41) is 1.94. The van der Waals surface area contributed by atoms with Gasteiger partial charge in [0.05, 0.1) is 5.56 Å². The standard InChI is InChI=1S/C33H27ClF3N3O4S/c1-19(41)24-15-39-29(31(30(24)42)44-16-21-9-4-3-5-10-21)32(43)38(20(2)33(35,36)37)18-40(39)28-23-12-6-7-14-26(23)45-17-22-11-8-13-25(34)27(22)28/h3-15,20,28H,16-18H2,1-2H3/t20-,28-/m1/s1. The Kier molecular flexibility index (Phi) is 8.17. The molecule has 12 heteroatoms. The van der Waals surface area contributed by atoms with Gasteiger partial charge in [-0.2, -0.15) is 13.2 Å². The van der Waals surface area contributed by atoms with Crippen LogP contribution in [0.25, 0.3) is 0 Å². The Morgan fingerprint density at radius 1 is 1.04 bits per heavy atom. The zero-order valence-electron chi connectivity index (χ0n) is 24.2. The van der Waals surface area contributed by atoms with Crippen molar-refractivity contribution < 1.29 is 27.5 Å². The Balaban J connectivity index is 1.65. The lowest BCUT2D eigenvalue weighted by Crippen LogP contribution is -2.60. The zero-order chi connectivity index (χ0) is 32.0. The quantitative estimate of drug-likeness (QED) is 0.209. The first-order chi connectivity index (χ1) is 21.5. The van der Waals surface area contributed by atoms with Gasteiger partial charge < -0.3 is 9.64 Å². The highest BCUT2D eigenvalue weighted by molar-refractivity contribution is 7.98. The summed E-state index contributed by atoms with van der Waals surface area (Å²) in [6.07, 6.45) is -3.55. The van der Waals surface area contributed by atoms with E-state index in [0.717, 1.165) is 22.9 Å². The number of ether oxygens (including phenoxy) is 1. The average molecular weight is 654 g/mol. The minimum atomic E-state index is -4.78. The third kappa shape index (κ3) is 5.59. The lowest BCUT2D eigenvalue weighted by molar-refractivity contribution is -0.173. The Morgan fingerprint density at radius 2 is 1.76 bits per heavy atom. The van der Waals surface area contributed by atoms with Crippen molar-refractivity contribution in [1.29, 1.82) is 0 Å². The summed E-state index contributed by atoms with van der Waals surface area (Å²) in [4.78, 5) is 42.1. The number of benzene rings is 3. The number of carbonyl (C=O) groups is 2. The van der Waals surface area contributed by atoms with Crippen molar-refractivity contribution in [3.05, 3.63) is 128 Å². The molecule has 0 saturated carbocycles. The molecule has 2 aliphatic heterocycles. The summed E-state index contributed by atoms with van der Waals surface area (Å²) in [5.74, 6) is -1.60. The summed E-state index contributed by atoms with van der Waals surface area (Å²) >= 11 is 8.40. The molecule has 0 unspecified atom stereocenters. The lowest BCUT2D eigenvalue weighted by Gasteiger charge is -2.46. The van der Waals surface area contributed by atoms with Crippen LogP contribution in [0.15, 0.2) is 88.7 Å². The third-order valence-electron chi connectivity index (χ3n) is 8.04. The SMILES string of the molecule is CC(=O)c1cn2c(c(OCc3ccccc3)c1=O)C(=O)N([C@H](C)C(F)(F)F)CN2[C@@H]1c2ccccc2SCc2cccc(Cl)c21. The molecule has 7 nitrogen and oxygen atoms in total. The number of Topliss-reactive ketones (excluding diaryl/α,β-unsaturated/α-hetero) is 1. The molecule has 6 rings (SSSR count). The number of alkyl halides is 3. The highest BCUT2D eigenvalue weighted by atomic mass is 35.5. The molecule has 0 fully saturated rings. The van der Waals surface area contributed by atoms with Gasteiger partial charge in [0, 0.05) is 27.4 Å². The molecule has 0 saturated heterocycles. The molecule has 0 radical (unpaired) electrons. The van der Waals surface area contributed by atoms with Crippen LogP contribution >= 0.6 is 23.4 Å². The van der Waals surface area contributed by atoms with Gasteiger partial charge in [-0.15, -0.1) is 11.8 Å². The molecule has 0 bridgehead atoms. The first-order valence-electron chi connectivity index (χ1n) is 14.1. The van der Waals surface area contributed by atoms with E-state index in [1.807, 2.05) is 30.3 Å². The van der Waals surface area contributed by atoms with Crippen LogP contribution in [0.5, 0.6) is 5.75 Å². The smallest absolute Gasteiger partial charge is 0.408 e. The van der Waals surface area contributed by atoms with E-state index >= 15 is 0 Å². The van der Waals surface area contributed by atoms with Crippen molar-refractivity contribution in [2.45, 2.75) is 49.4 Å². The Bertz CT molecular complexity index is 1860. The predicted molar refractivity (Wildman–Crippen MR) is 166 cm³/mol. The van der Waals surface area contributed by atoms with E-state index in [0.29, 0.717) is 26.8 Å². The monoisotopic (exact) mass is 653 g/mol. The first kappa shape index (κ1) is 30.8. The summed E-state index contributed by atoms with van der Waals surface area (Å²) in [7, 11) is 0. The number of hydrogen-bond donors (Lipinski definition) is 0. The summed E-state index contributed by atoms with van der Waals surface area (Å²) in [6, 6.07) is 18.7. The Hall–Kier alpha value is -4.22. The maximum Gasteiger partial charge on any atom is 0.408 e. The maximum atomic E-state index is 14.3. The maximum absolute atomic E-state index is 14.3. The van der Waals surface area contributed by atoms with Gasteiger partial charge in [0.1, 0.15) is 25.4 Å². The van der Waals surface area contributed by atoms with Gasteiger partial charge in [0.25, 0.3) is 5.91 Å². The second-order valence-corrected chi connectivity index (χ2v) is 12.3. The van der Waals surface area contributed by atoms with Crippen LogP contribution in [0.2, 0.25) is 5.02 Å². The number of rotatable bonds is 6. The predicted octanol–water partition coefficient (Wildman–Crippen LogP) is 6.98. The minimum Gasteiger partial charge on any atom is -0.482 e. The van der Waals surface area contributed by atoms with Crippen LogP contribution in [-0.2, 0) is 12.4 Å². The topological polar surface area (TPSA) is 71.8 Å². The van der Waals surface area contributed by atoms with E-state index in [1.165, 1.54) is 17.8 Å². The molecule has 1 aromatic heterocycles. The lowest BCUT2D eigenvalue weighted by atomic mass is 9.94. The molecular weight excluding hydrogens is 627 g/mol. The Labute approximate surface area is 266 Å². The number of fused-ring (bicyclic) bond motifs is 3. The van der Waals surface area contributed by atoms with Crippen molar-refractivity contribution in [1.82, 2.24) is 9.58 Å². The number of nitrogens with zero attached hydrogens (tertiary/aromatic N) is 3. The Morgan fingerprint density at radius 3 is 2.47 bits per heavy atom. The molecule has 2 atom stereocenters. The molecule has 2 aliphatic rings. The van der Waals surface area contributed by atoms with Crippen molar-refractivity contribution in [3.8, 4) is 5.75 Å². The number of ketones is 1. The van der Waals surface area contributed by atoms with E-state index in [1.54, 1.807) is 59.2 Å². The molecular formula is C33H27ClF3N3O4S. The normalized spacial score (nSPS) is 16.8. The highest BCUT2D eigenvalue weighted by Crippen LogP contribution is 2.46. The molecule has 232 valence electrons. The number of thioether (sulfide) groups is 1. The fraction of sp³-hybridized carbons (Fsp3) is 0.242. The fourth-order valence-electron chi connectivity index (χ4n) is 5.67. The van der Waals surface area contributed by atoms with E-state index < -0.39 is 53.5 Å². The van der Waals surface area contributed by atoms with Gasteiger partial charge in [-0.3, -0.25) is 24.1 Å². The number of aromatic nitrogens is 1. The molecule has 4 aromatic rings. The second-order valence-electron chi connectivity index (χ2n) is 10.8. The summed E-state index contributed by atoms with van der Waals surface area (Å²) in [5.41, 5.74) is 1.33. The number of halogens is 4. The molecule has 3 aromatic carbocycles. The van der Waals surface area contributed by atoms with Crippen LogP contribution in [0.4, 0.5) is 13.2 Å². The third-order valence-corrected chi connectivity index (χ3v) is 9.51. The van der Waals surface area contributed by atoms with Crippen LogP contribution < -0.4 is 15.2 Å². The van der Waals surface area contributed by atoms with Crippen LogP contribution in [0.3, 0.4) is 0 Å².